The maximum absolute atomic E-state index is 11.8. The number of aromatic nitrogens is 3. The molecule has 0 atom stereocenters. The number of hydrogen-bond donors (Lipinski definition) is 3. The van der Waals surface area contributed by atoms with Crippen molar-refractivity contribution in [2.24, 2.45) is 23.3 Å². The van der Waals surface area contributed by atoms with Gasteiger partial charge in [0, 0.05) is 29.4 Å². The quantitative estimate of drug-likeness (QED) is 0.251. The molecule has 1 heterocycles. The van der Waals surface area contributed by atoms with Gasteiger partial charge in [0.15, 0.2) is 19.7 Å². The van der Waals surface area contributed by atoms with Crippen molar-refractivity contribution in [3.63, 3.8) is 0 Å². The Morgan fingerprint density at radius 2 is 1.24 bits per heavy atom. The minimum Gasteiger partial charge on any atom is -0.403 e. The highest BCUT2D eigenvalue weighted by Gasteiger charge is 2.19. The lowest BCUT2D eigenvalue weighted by atomic mass is 9.84. The van der Waals surface area contributed by atoms with Crippen LogP contribution in [-0.4, -0.2) is 44.3 Å². The lowest BCUT2D eigenvalue weighted by molar-refractivity contribution is 0.356. The van der Waals surface area contributed by atoms with Gasteiger partial charge >= 0.3 is 0 Å². The summed E-state index contributed by atoms with van der Waals surface area (Å²) < 4.78 is 49.1. The fourth-order valence-electron chi connectivity index (χ4n) is 5.83. The Kier molecular flexibility index (Phi) is 15.7. The minimum atomic E-state index is -3.23. The van der Waals surface area contributed by atoms with E-state index >= 15 is 0 Å². The molecule has 2 saturated carbocycles. The molecular formula is C32H49BrN6O4S2. The first-order chi connectivity index (χ1) is 20.9. The van der Waals surface area contributed by atoms with Crippen molar-refractivity contribution in [2.75, 3.05) is 12.5 Å². The van der Waals surface area contributed by atoms with Gasteiger partial charge in [-0.2, -0.15) is 0 Å². The van der Waals surface area contributed by atoms with Gasteiger partial charge in [0.25, 0.3) is 0 Å². The van der Waals surface area contributed by atoms with Crippen molar-refractivity contribution in [3.8, 4) is 5.69 Å². The molecule has 2 aliphatic carbocycles. The summed E-state index contributed by atoms with van der Waals surface area (Å²) in [5.41, 5.74) is 12.6. The normalized spacial score (nSPS) is 16.2. The van der Waals surface area contributed by atoms with Crippen LogP contribution >= 0.6 is 15.9 Å². The van der Waals surface area contributed by atoms with E-state index in [-0.39, 0.29) is 6.15 Å². The largest absolute Gasteiger partial charge is 0.403 e. The number of hydrogen-bond acceptors (Lipinski definition) is 9. The summed E-state index contributed by atoms with van der Waals surface area (Å²) in [5.74, 6) is 1.44. The van der Waals surface area contributed by atoms with Crippen LogP contribution in [-0.2, 0) is 32.5 Å². The van der Waals surface area contributed by atoms with E-state index in [0.717, 1.165) is 34.5 Å². The first kappa shape index (κ1) is 38.4. The van der Waals surface area contributed by atoms with Crippen molar-refractivity contribution < 1.29 is 16.8 Å². The lowest BCUT2D eigenvalue weighted by Crippen LogP contribution is -2.12. The van der Waals surface area contributed by atoms with Crippen LogP contribution in [0, 0.1) is 11.8 Å². The molecule has 0 saturated heterocycles. The summed E-state index contributed by atoms with van der Waals surface area (Å²) in [6, 6.07) is 10.7. The van der Waals surface area contributed by atoms with Gasteiger partial charge in [0.1, 0.15) is 0 Å². The Balaban J connectivity index is 0.000000279. The third-order valence-electron chi connectivity index (χ3n) is 8.18. The number of nitrogens with two attached hydrogens (primary N) is 2. The zero-order valence-electron chi connectivity index (χ0n) is 26.4. The highest BCUT2D eigenvalue weighted by atomic mass is 79.9. The van der Waals surface area contributed by atoms with Crippen molar-refractivity contribution in [3.05, 3.63) is 76.8 Å². The fourth-order valence-corrected chi connectivity index (χ4v) is 7.81. The molecule has 2 aliphatic rings. The van der Waals surface area contributed by atoms with E-state index in [1.54, 1.807) is 41.3 Å². The molecule has 0 unspecified atom stereocenters. The topological polar surface area (TPSA) is 186 Å². The average molecular weight is 726 g/mol. The van der Waals surface area contributed by atoms with Crippen LogP contribution in [0.2, 0.25) is 0 Å². The molecule has 0 amide bonds. The summed E-state index contributed by atoms with van der Waals surface area (Å²) in [4.78, 5) is 0.715. The highest BCUT2D eigenvalue weighted by Crippen LogP contribution is 2.31. The van der Waals surface area contributed by atoms with Crippen molar-refractivity contribution in [2.45, 2.75) is 86.8 Å². The molecule has 7 N–H and O–H groups in total. The molecule has 3 aromatic rings. The van der Waals surface area contributed by atoms with Gasteiger partial charge in [0.2, 0.25) is 0 Å². The molecule has 0 radical (unpaired) electrons. The molecule has 2 fully saturated rings. The second-order valence-electron chi connectivity index (χ2n) is 11.7. The van der Waals surface area contributed by atoms with Gasteiger partial charge < -0.3 is 17.6 Å². The summed E-state index contributed by atoms with van der Waals surface area (Å²) in [6.45, 7) is 0. The molecule has 0 bridgehead atoms. The van der Waals surface area contributed by atoms with Gasteiger partial charge in [-0.1, -0.05) is 97.5 Å². The van der Waals surface area contributed by atoms with Crippen molar-refractivity contribution in [1.82, 2.24) is 21.1 Å². The molecule has 45 heavy (non-hydrogen) atoms. The van der Waals surface area contributed by atoms with Crippen molar-refractivity contribution >= 4 is 35.6 Å². The van der Waals surface area contributed by atoms with E-state index in [1.165, 1.54) is 94.7 Å². The average Bonchev–Trinajstić information content (AvgIpc) is 3.54. The SMILES string of the molecule is CS(=O)(=O)c1ccc(CC2CCCCC2)c(-n2ccnn2)c1.CS(=O)(=O)c1ccc(CC2CCCCC2)c(Br)c1.N.N/C=C\N. The minimum absolute atomic E-state index is 0. The number of sulfone groups is 2. The second kappa shape index (κ2) is 18.4. The molecule has 10 nitrogen and oxygen atoms in total. The van der Waals surface area contributed by atoms with E-state index in [1.807, 2.05) is 12.1 Å². The summed E-state index contributed by atoms with van der Waals surface area (Å²) in [5, 5.41) is 7.88. The summed E-state index contributed by atoms with van der Waals surface area (Å²) in [6.07, 6.45) is 23.5. The standard InChI is InChI=1S/C16H21N3O2S.C14H19BrO2S.C2H6N2.H3N/c1-22(20,21)15-8-7-14(11-13-5-3-2-4-6-13)16(12-15)19-10-9-17-18-19;1-18(16,17)13-8-7-12(14(15)10-13)9-11-5-3-2-4-6-11;3-1-2-4;/h7-10,12-13H,2-6,11H2,1H3;7-8,10-11H,2-6,9H2,1H3;1-2H,3-4H2;1H3/b;;2-1-;. The predicted molar refractivity (Wildman–Crippen MR) is 185 cm³/mol. The predicted octanol–water partition coefficient (Wildman–Crippen LogP) is 6.31. The van der Waals surface area contributed by atoms with Crippen LogP contribution < -0.4 is 17.6 Å². The van der Waals surface area contributed by atoms with Crippen LogP contribution in [0.25, 0.3) is 5.69 Å². The lowest BCUT2D eigenvalue weighted by Gasteiger charge is -2.22. The maximum atomic E-state index is 11.8. The van der Waals surface area contributed by atoms with Crippen LogP contribution in [0.5, 0.6) is 0 Å². The van der Waals surface area contributed by atoms with Gasteiger partial charge in [-0.15, -0.1) is 5.10 Å². The third-order valence-corrected chi connectivity index (χ3v) is 11.1. The molecule has 2 aromatic carbocycles. The Hall–Kier alpha value is -2.74. The molecule has 0 aliphatic heterocycles. The summed E-state index contributed by atoms with van der Waals surface area (Å²) in [7, 11) is -6.33. The van der Waals surface area contributed by atoms with Gasteiger partial charge in [-0.25, -0.2) is 21.5 Å². The van der Waals surface area contributed by atoms with Gasteiger partial charge in [0.05, 0.1) is 27.9 Å². The van der Waals surface area contributed by atoms with Crippen LogP contribution in [0.4, 0.5) is 0 Å². The first-order valence-electron chi connectivity index (χ1n) is 15.2. The van der Waals surface area contributed by atoms with Crippen LogP contribution in [0.15, 0.2) is 75.5 Å². The number of nitrogens with zero attached hydrogens (tertiary/aromatic N) is 3. The number of benzene rings is 2. The molecule has 1 aromatic heterocycles. The van der Waals surface area contributed by atoms with Crippen LogP contribution in [0.3, 0.4) is 0 Å². The summed E-state index contributed by atoms with van der Waals surface area (Å²) >= 11 is 3.50. The molecule has 5 rings (SSSR count). The Morgan fingerprint density at radius 3 is 1.67 bits per heavy atom. The zero-order chi connectivity index (χ0) is 32.2. The monoisotopic (exact) mass is 724 g/mol. The van der Waals surface area contributed by atoms with E-state index in [0.29, 0.717) is 15.7 Å². The van der Waals surface area contributed by atoms with Gasteiger partial charge in [-0.05, 0) is 60.1 Å². The van der Waals surface area contributed by atoms with Gasteiger partial charge in [-0.3, -0.25) is 0 Å². The second-order valence-corrected chi connectivity index (χ2v) is 16.6. The Morgan fingerprint density at radius 1 is 0.778 bits per heavy atom. The molecule has 250 valence electrons. The highest BCUT2D eigenvalue weighted by molar-refractivity contribution is 9.10. The first-order valence-corrected chi connectivity index (χ1v) is 19.8. The molecular weight excluding hydrogens is 676 g/mol. The molecule has 0 spiro atoms. The number of rotatable bonds is 7. The zero-order valence-corrected chi connectivity index (χ0v) is 29.7. The third kappa shape index (κ3) is 12.5. The smallest absolute Gasteiger partial charge is 0.175 e. The van der Waals surface area contributed by atoms with E-state index < -0.39 is 19.7 Å². The van der Waals surface area contributed by atoms with Crippen molar-refractivity contribution in [1.29, 1.82) is 0 Å². The molecule has 13 heteroatoms. The Labute approximate surface area is 277 Å². The van der Waals surface area contributed by atoms with E-state index in [4.69, 9.17) is 11.5 Å². The fraction of sp³-hybridized carbons (Fsp3) is 0.500. The number of halogens is 1. The van der Waals surface area contributed by atoms with E-state index in [9.17, 15) is 16.8 Å². The van der Waals surface area contributed by atoms with E-state index in [2.05, 4.69) is 26.2 Å². The maximum Gasteiger partial charge on any atom is 0.175 e. The van der Waals surface area contributed by atoms with Crippen LogP contribution in [0.1, 0.15) is 75.3 Å². The Bertz CT molecular complexity index is 1560.